The van der Waals surface area contributed by atoms with Crippen LogP contribution in [0.5, 0.6) is 5.88 Å². The van der Waals surface area contributed by atoms with Crippen LogP contribution in [0.15, 0.2) is 5.16 Å². The van der Waals surface area contributed by atoms with Gasteiger partial charge in [-0.05, 0) is 12.8 Å². The van der Waals surface area contributed by atoms with Crippen LogP contribution in [0.1, 0.15) is 30.5 Å². The number of alkyl halides is 5. The maximum absolute atomic E-state index is 13.1. The number of aromatic nitrogens is 2. The SMILES string of the molecule is Cn1nc(C(F)(F)F)c(CS(=O)(=O)C2=NOC3(CC3)C2)c1OC(F)F. The zero-order valence-electron chi connectivity index (χ0n) is 12.7. The summed E-state index contributed by atoms with van der Waals surface area (Å²) < 4.78 is 93.5. The minimum absolute atomic E-state index is 0.0536. The molecule has 0 radical (unpaired) electrons. The molecule has 13 heteroatoms. The van der Waals surface area contributed by atoms with Crippen LogP contribution in [-0.4, -0.2) is 35.5 Å². The van der Waals surface area contributed by atoms with Gasteiger partial charge in [0.25, 0.3) is 0 Å². The Bertz CT molecular complexity index is 827. The van der Waals surface area contributed by atoms with E-state index in [0.717, 1.165) is 7.05 Å². The van der Waals surface area contributed by atoms with Crippen LogP contribution < -0.4 is 4.74 Å². The van der Waals surface area contributed by atoms with Crippen molar-refractivity contribution in [3.63, 3.8) is 0 Å². The number of aryl methyl sites for hydroxylation is 1. The molecule has 25 heavy (non-hydrogen) atoms. The molecule has 1 aromatic heterocycles. The van der Waals surface area contributed by atoms with Crippen molar-refractivity contribution < 1.29 is 39.9 Å². The van der Waals surface area contributed by atoms with E-state index < -0.39 is 56.2 Å². The first-order valence-corrected chi connectivity index (χ1v) is 8.64. The smallest absolute Gasteiger partial charge is 0.417 e. The minimum Gasteiger partial charge on any atom is -0.417 e. The molecular formula is C12H12F5N3O4S. The fourth-order valence-corrected chi connectivity index (χ4v) is 3.92. The van der Waals surface area contributed by atoms with Gasteiger partial charge in [-0.2, -0.15) is 27.1 Å². The maximum Gasteiger partial charge on any atom is 0.435 e. The van der Waals surface area contributed by atoms with Crippen LogP contribution in [-0.2, 0) is 33.7 Å². The Morgan fingerprint density at radius 1 is 1.36 bits per heavy atom. The summed E-state index contributed by atoms with van der Waals surface area (Å²) in [6.07, 6.45) is -3.91. The highest BCUT2D eigenvalue weighted by atomic mass is 32.2. The molecule has 1 aliphatic carbocycles. The van der Waals surface area contributed by atoms with Gasteiger partial charge in [-0.25, -0.2) is 13.1 Å². The van der Waals surface area contributed by atoms with Gasteiger partial charge in [0, 0.05) is 13.5 Å². The van der Waals surface area contributed by atoms with Gasteiger partial charge >= 0.3 is 12.8 Å². The Morgan fingerprint density at radius 2 is 2.00 bits per heavy atom. The van der Waals surface area contributed by atoms with E-state index in [1.807, 2.05) is 0 Å². The van der Waals surface area contributed by atoms with Crippen LogP contribution in [0.4, 0.5) is 22.0 Å². The predicted octanol–water partition coefficient (Wildman–Crippen LogP) is 2.22. The molecule has 1 spiro atoms. The van der Waals surface area contributed by atoms with Crippen molar-refractivity contribution in [3.8, 4) is 5.88 Å². The average Bonchev–Trinajstić information content (AvgIpc) is 2.95. The molecule has 1 saturated carbocycles. The van der Waals surface area contributed by atoms with Crippen LogP contribution in [0.25, 0.3) is 0 Å². The van der Waals surface area contributed by atoms with Gasteiger partial charge in [0.15, 0.2) is 20.6 Å². The van der Waals surface area contributed by atoms with Crippen molar-refractivity contribution >= 4 is 14.9 Å². The van der Waals surface area contributed by atoms with Gasteiger partial charge in [-0.15, -0.1) is 0 Å². The highest BCUT2D eigenvalue weighted by molar-refractivity contribution is 8.05. The lowest BCUT2D eigenvalue weighted by atomic mass is 10.2. The monoisotopic (exact) mass is 389 g/mol. The van der Waals surface area contributed by atoms with E-state index in [-0.39, 0.29) is 6.42 Å². The van der Waals surface area contributed by atoms with Crippen molar-refractivity contribution in [1.82, 2.24) is 9.78 Å². The Kier molecular flexibility index (Phi) is 3.96. The summed E-state index contributed by atoms with van der Waals surface area (Å²) in [4.78, 5) is 5.00. The second-order valence-corrected chi connectivity index (χ2v) is 7.82. The first-order chi connectivity index (χ1) is 11.4. The van der Waals surface area contributed by atoms with E-state index in [0.29, 0.717) is 17.5 Å². The molecule has 0 unspecified atom stereocenters. The van der Waals surface area contributed by atoms with E-state index >= 15 is 0 Å². The third-order valence-electron chi connectivity index (χ3n) is 3.87. The average molecular weight is 389 g/mol. The summed E-state index contributed by atoms with van der Waals surface area (Å²) >= 11 is 0. The second-order valence-electron chi connectivity index (χ2n) is 5.83. The minimum atomic E-state index is -5.04. The summed E-state index contributed by atoms with van der Waals surface area (Å²) in [5, 5.41) is 6.11. The van der Waals surface area contributed by atoms with Crippen molar-refractivity contribution in [2.45, 2.75) is 43.4 Å². The van der Waals surface area contributed by atoms with Gasteiger partial charge < -0.3 is 9.57 Å². The lowest BCUT2D eigenvalue weighted by Crippen LogP contribution is -2.20. The third-order valence-corrected chi connectivity index (χ3v) is 5.48. The first-order valence-electron chi connectivity index (χ1n) is 6.99. The second kappa shape index (κ2) is 5.54. The molecule has 1 aliphatic heterocycles. The summed E-state index contributed by atoms with van der Waals surface area (Å²) in [6, 6.07) is 0. The van der Waals surface area contributed by atoms with Crippen molar-refractivity contribution in [2.75, 3.05) is 0 Å². The summed E-state index contributed by atoms with van der Waals surface area (Å²) in [6.45, 7) is -3.44. The number of hydrogen-bond acceptors (Lipinski definition) is 6. The number of halogens is 5. The van der Waals surface area contributed by atoms with Gasteiger partial charge in [0.05, 0.1) is 11.3 Å². The molecule has 0 saturated heterocycles. The lowest BCUT2D eigenvalue weighted by molar-refractivity contribution is -0.142. The van der Waals surface area contributed by atoms with E-state index in [4.69, 9.17) is 4.84 Å². The van der Waals surface area contributed by atoms with Crippen LogP contribution in [0.3, 0.4) is 0 Å². The highest BCUT2D eigenvalue weighted by Gasteiger charge is 2.53. The molecule has 140 valence electrons. The van der Waals surface area contributed by atoms with Gasteiger partial charge in [0.2, 0.25) is 5.88 Å². The number of hydrogen-bond donors (Lipinski definition) is 0. The fourth-order valence-electron chi connectivity index (χ4n) is 2.48. The Labute approximate surface area is 138 Å². The van der Waals surface area contributed by atoms with E-state index in [9.17, 15) is 30.4 Å². The molecular weight excluding hydrogens is 377 g/mol. The molecule has 2 heterocycles. The normalized spacial score (nSPS) is 19.2. The topological polar surface area (TPSA) is 82.8 Å². The van der Waals surface area contributed by atoms with Crippen molar-refractivity contribution in [3.05, 3.63) is 11.3 Å². The Balaban J connectivity index is 1.97. The van der Waals surface area contributed by atoms with Crippen LogP contribution in [0, 0.1) is 0 Å². The van der Waals surface area contributed by atoms with Crippen LogP contribution >= 0.6 is 0 Å². The van der Waals surface area contributed by atoms with E-state index in [1.54, 1.807) is 0 Å². The van der Waals surface area contributed by atoms with Crippen LogP contribution in [0.2, 0.25) is 0 Å². The summed E-state index contributed by atoms with van der Waals surface area (Å²) in [5.74, 6) is -2.19. The maximum atomic E-state index is 13.1. The molecule has 0 amide bonds. The van der Waals surface area contributed by atoms with Crippen molar-refractivity contribution in [2.24, 2.45) is 12.2 Å². The fraction of sp³-hybridized carbons (Fsp3) is 0.667. The number of nitrogens with zero attached hydrogens (tertiary/aromatic N) is 3. The zero-order chi connectivity index (χ0) is 18.6. The standard InChI is InChI=1S/C12H12F5N3O4S/c1-20-9(23-10(13)14)6(8(18-20)12(15,16)17)5-25(21,22)7-4-11(2-3-11)24-19-7/h10H,2-5H2,1H3. The number of oxime groups is 1. The molecule has 0 bridgehead atoms. The largest absolute Gasteiger partial charge is 0.435 e. The molecule has 2 aliphatic rings. The molecule has 0 aromatic carbocycles. The first kappa shape index (κ1) is 17.9. The molecule has 1 aromatic rings. The quantitative estimate of drug-likeness (QED) is 0.738. The summed E-state index contributed by atoms with van der Waals surface area (Å²) in [7, 11) is -3.38. The highest BCUT2D eigenvalue weighted by Crippen LogP contribution is 2.47. The van der Waals surface area contributed by atoms with Gasteiger partial charge in [-0.1, -0.05) is 5.16 Å². The Hall–Kier alpha value is -1.92. The lowest BCUT2D eigenvalue weighted by Gasteiger charge is -2.10. The molecule has 1 fully saturated rings. The Morgan fingerprint density at radius 3 is 2.48 bits per heavy atom. The predicted molar refractivity (Wildman–Crippen MR) is 72.6 cm³/mol. The van der Waals surface area contributed by atoms with Gasteiger partial charge in [0.1, 0.15) is 5.60 Å². The molecule has 0 atom stereocenters. The molecule has 7 nitrogen and oxygen atoms in total. The van der Waals surface area contributed by atoms with E-state index in [1.165, 1.54) is 0 Å². The summed E-state index contributed by atoms with van der Waals surface area (Å²) in [5.41, 5.74) is -3.28. The molecule has 3 rings (SSSR count). The van der Waals surface area contributed by atoms with E-state index in [2.05, 4.69) is 15.0 Å². The number of sulfone groups is 1. The third kappa shape index (κ3) is 3.41. The molecule has 0 N–H and O–H groups in total. The van der Waals surface area contributed by atoms with Crippen molar-refractivity contribution in [1.29, 1.82) is 0 Å². The number of ether oxygens (including phenoxy) is 1. The van der Waals surface area contributed by atoms with Gasteiger partial charge in [-0.3, -0.25) is 0 Å². The zero-order valence-corrected chi connectivity index (χ0v) is 13.5. The number of rotatable bonds is 4.